The monoisotopic (exact) mass is 459 g/mol. The molecule has 1 fully saturated rings. The molecular weight excluding hydrogens is 430 g/mol. The molecule has 1 aliphatic carbocycles. The zero-order valence-electron chi connectivity index (χ0n) is 18.2. The van der Waals surface area contributed by atoms with Crippen molar-refractivity contribution in [2.75, 3.05) is 6.54 Å². The van der Waals surface area contributed by atoms with Crippen molar-refractivity contribution in [1.82, 2.24) is 19.6 Å². The average molecular weight is 460 g/mol. The van der Waals surface area contributed by atoms with E-state index in [9.17, 15) is 18.0 Å². The predicted octanol–water partition coefficient (Wildman–Crippen LogP) is 2.41. The summed E-state index contributed by atoms with van der Waals surface area (Å²) in [7, 11) is -4.02. The number of nitrogens with two attached hydrogens (primary N) is 1. The van der Waals surface area contributed by atoms with Crippen LogP contribution >= 0.6 is 0 Å². The number of hydrogen-bond donors (Lipinski definition) is 2. The Morgan fingerprint density at radius 2 is 1.78 bits per heavy atom. The van der Waals surface area contributed by atoms with Gasteiger partial charge >= 0.3 is 6.03 Å². The minimum atomic E-state index is -4.02. The molecule has 1 saturated carbocycles. The van der Waals surface area contributed by atoms with E-state index in [4.69, 9.17) is 5.73 Å². The van der Waals surface area contributed by atoms with Gasteiger partial charge in [0, 0.05) is 12.7 Å². The van der Waals surface area contributed by atoms with Gasteiger partial charge in [0.1, 0.15) is 5.69 Å². The van der Waals surface area contributed by atoms with Crippen LogP contribution in [-0.2, 0) is 22.9 Å². The molecule has 32 heavy (non-hydrogen) atoms. The molecule has 9 nitrogen and oxygen atoms in total. The minimum absolute atomic E-state index is 0.0287. The number of benzene rings is 1. The van der Waals surface area contributed by atoms with E-state index in [0.717, 1.165) is 41.2 Å². The van der Waals surface area contributed by atoms with Gasteiger partial charge in [0.05, 0.1) is 22.8 Å². The summed E-state index contributed by atoms with van der Waals surface area (Å²) in [5.74, 6) is -0.316. The number of hydrogen-bond acceptors (Lipinski definition) is 6. The van der Waals surface area contributed by atoms with Crippen LogP contribution in [0.2, 0.25) is 0 Å². The standard InChI is InChI=1S/C22H29N5O4S/c1-2-17-14-26-20(15-25-17)21(28)24-13-12-16-8-10-19(11-9-16)32(30,31)27(22(23)29)18-6-4-3-5-7-18/h8-11,14-15,18H,2-7,12-13H2,1H3,(H2,23,29)(H,24,28). The molecular formula is C22H29N5O4S. The molecule has 1 aromatic heterocycles. The first kappa shape index (κ1) is 23.6. The smallest absolute Gasteiger partial charge is 0.328 e. The Labute approximate surface area is 188 Å². The highest BCUT2D eigenvalue weighted by Crippen LogP contribution is 2.27. The summed E-state index contributed by atoms with van der Waals surface area (Å²) >= 11 is 0. The number of sulfonamides is 1. The van der Waals surface area contributed by atoms with Gasteiger partial charge < -0.3 is 11.1 Å². The number of carbonyl (C=O) groups excluding carboxylic acids is 2. The molecule has 3 N–H and O–H groups in total. The van der Waals surface area contributed by atoms with Crippen molar-refractivity contribution in [2.24, 2.45) is 5.73 Å². The van der Waals surface area contributed by atoms with Crippen molar-refractivity contribution in [1.29, 1.82) is 0 Å². The fraction of sp³-hybridized carbons (Fsp3) is 0.455. The summed E-state index contributed by atoms with van der Waals surface area (Å²) in [6.07, 6.45) is 8.34. The van der Waals surface area contributed by atoms with Gasteiger partial charge in [-0.1, -0.05) is 38.3 Å². The fourth-order valence-electron chi connectivity index (χ4n) is 3.82. The van der Waals surface area contributed by atoms with Crippen LogP contribution in [0.5, 0.6) is 0 Å². The first-order chi connectivity index (χ1) is 15.3. The minimum Gasteiger partial charge on any atom is -0.351 e. The number of primary amides is 1. The zero-order chi connectivity index (χ0) is 23.1. The quantitative estimate of drug-likeness (QED) is 0.622. The van der Waals surface area contributed by atoms with Crippen LogP contribution in [-0.4, -0.2) is 47.2 Å². The van der Waals surface area contributed by atoms with E-state index in [2.05, 4.69) is 15.3 Å². The molecule has 0 radical (unpaired) electrons. The maximum Gasteiger partial charge on any atom is 0.328 e. The van der Waals surface area contributed by atoms with Crippen LogP contribution < -0.4 is 11.1 Å². The average Bonchev–Trinajstić information content (AvgIpc) is 2.80. The second-order valence-electron chi connectivity index (χ2n) is 7.83. The van der Waals surface area contributed by atoms with Crippen molar-refractivity contribution in [3.63, 3.8) is 0 Å². The Kier molecular flexibility index (Phi) is 7.79. The SMILES string of the molecule is CCc1cnc(C(=O)NCCc2ccc(S(=O)(=O)N(C(N)=O)C3CCCCC3)cc2)cn1. The van der Waals surface area contributed by atoms with E-state index in [0.29, 0.717) is 25.8 Å². The van der Waals surface area contributed by atoms with Gasteiger partial charge in [-0.05, 0) is 43.4 Å². The number of aryl methyl sites for hydroxylation is 1. The predicted molar refractivity (Wildman–Crippen MR) is 119 cm³/mol. The molecule has 3 rings (SSSR count). The summed E-state index contributed by atoms with van der Waals surface area (Å²) in [6, 6.07) is 4.96. The number of nitrogens with one attached hydrogen (secondary N) is 1. The number of nitrogens with zero attached hydrogens (tertiary/aromatic N) is 3. The third kappa shape index (κ3) is 5.61. The van der Waals surface area contributed by atoms with Gasteiger partial charge in [-0.3, -0.25) is 9.78 Å². The van der Waals surface area contributed by atoms with E-state index >= 15 is 0 Å². The summed E-state index contributed by atoms with van der Waals surface area (Å²) in [5, 5.41) is 2.78. The van der Waals surface area contributed by atoms with Gasteiger partial charge in [-0.15, -0.1) is 0 Å². The second kappa shape index (κ2) is 10.5. The summed E-state index contributed by atoms with van der Waals surface area (Å²) in [4.78, 5) is 32.4. The highest BCUT2D eigenvalue weighted by atomic mass is 32.2. The van der Waals surface area contributed by atoms with E-state index in [1.807, 2.05) is 6.92 Å². The van der Waals surface area contributed by atoms with Gasteiger partial charge in [-0.2, -0.15) is 0 Å². The van der Waals surface area contributed by atoms with E-state index in [-0.39, 0.29) is 16.5 Å². The lowest BCUT2D eigenvalue weighted by Gasteiger charge is -2.32. The van der Waals surface area contributed by atoms with Crippen molar-refractivity contribution in [2.45, 2.75) is 62.8 Å². The van der Waals surface area contributed by atoms with Crippen molar-refractivity contribution in [3.05, 3.63) is 53.6 Å². The van der Waals surface area contributed by atoms with Crippen LogP contribution in [0.25, 0.3) is 0 Å². The first-order valence-electron chi connectivity index (χ1n) is 10.8. The third-order valence-corrected chi connectivity index (χ3v) is 7.47. The van der Waals surface area contributed by atoms with Crippen LogP contribution in [0, 0.1) is 0 Å². The Hall–Kier alpha value is -3.01. The fourth-order valence-corrected chi connectivity index (χ4v) is 5.36. The summed E-state index contributed by atoms with van der Waals surface area (Å²) < 4.78 is 26.9. The molecule has 1 aromatic carbocycles. The molecule has 2 aromatic rings. The van der Waals surface area contributed by atoms with Gasteiger partial charge in [0.15, 0.2) is 0 Å². The molecule has 1 heterocycles. The molecule has 0 atom stereocenters. The third-order valence-electron chi connectivity index (χ3n) is 5.60. The molecule has 0 spiro atoms. The lowest BCUT2D eigenvalue weighted by molar-refractivity contribution is 0.0948. The maximum absolute atomic E-state index is 13.0. The van der Waals surface area contributed by atoms with Crippen LogP contribution in [0.3, 0.4) is 0 Å². The molecule has 1 aliphatic rings. The van der Waals surface area contributed by atoms with E-state index < -0.39 is 22.1 Å². The normalized spacial score (nSPS) is 14.7. The topological polar surface area (TPSA) is 135 Å². The number of aromatic nitrogens is 2. The zero-order valence-corrected chi connectivity index (χ0v) is 19.0. The lowest BCUT2D eigenvalue weighted by Crippen LogP contribution is -2.48. The van der Waals surface area contributed by atoms with Crippen molar-refractivity contribution in [3.8, 4) is 0 Å². The number of urea groups is 1. The Morgan fingerprint density at radius 1 is 1.09 bits per heavy atom. The largest absolute Gasteiger partial charge is 0.351 e. The number of amides is 3. The van der Waals surface area contributed by atoms with Crippen molar-refractivity contribution < 1.29 is 18.0 Å². The number of rotatable bonds is 8. The Bertz CT molecular complexity index is 1030. The van der Waals surface area contributed by atoms with Crippen LogP contribution in [0.15, 0.2) is 41.6 Å². The second-order valence-corrected chi connectivity index (χ2v) is 9.64. The summed E-state index contributed by atoms with van der Waals surface area (Å²) in [6.45, 7) is 2.32. The lowest BCUT2D eigenvalue weighted by atomic mass is 9.96. The Balaban J connectivity index is 1.60. The van der Waals surface area contributed by atoms with Crippen LogP contribution in [0.1, 0.15) is 60.8 Å². The Morgan fingerprint density at radius 3 is 2.34 bits per heavy atom. The molecule has 10 heteroatoms. The first-order valence-corrected chi connectivity index (χ1v) is 12.3. The highest BCUT2D eigenvalue weighted by molar-refractivity contribution is 7.89. The van der Waals surface area contributed by atoms with E-state index in [1.165, 1.54) is 18.3 Å². The molecule has 0 bridgehead atoms. The van der Waals surface area contributed by atoms with Gasteiger partial charge in [0.2, 0.25) is 0 Å². The van der Waals surface area contributed by atoms with Crippen molar-refractivity contribution >= 4 is 22.0 Å². The van der Waals surface area contributed by atoms with Gasteiger partial charge in [-0.25, -0.2) is 22.5 Å². The molecule has 172 valence electrons. The highest BCUT2D eigenvalue weighted by Gasteiger charge is 2.35. The number of carbonyl (C=O) groups is 2. The molecule has 0 saturated heterocycles. The summed E-state index contributed by atoms with van der Waals surface area (Å²) in [5.41, 5.74) is 7.35. The van der Waals surface area contributed by atoms with E-state index in [1.54, 1.807) is 18.3 Å². The van der Waals surface area contributed by atoms with Crippen LogP contribution in [0.4, 0.5) is 4.79 Å². The molecule has 3 amide bonds. The maximum atomic E-state index is 13.0. The molecule has 0 aliphatic heterocycles. The molecule has 0 unspecified atom stereocenters. The van der Waals surface area contributed by atoms with Gasteiger partial charge in [0.25, 0.3) is 15.9 Å².